The Morgan fingerprint density at radius 2 is 1.50 bits per heavy atom. The van der Waals surface area contributed by atoms with Gasteiger partial charge < -0.3 is 10.2 Å². The first kappa shape index (κ1) is 19.0. The fourth-order valence-corrected chi connectivity index (χ4v) is 3.26. The molecule has 0 rings (SSSR count). The highest BCUT2D eigenvalue weighted by Crippen LogP contribution is 2.41. The number of carbonyl (C=O) groups is 3. The molecule has 0 spiro atoms. The zero-order chi connectivity index (χ0) is 15.8. The first-order valence-electron chi connectivity index (χ1n) is 6.95. The number of rotatable bonds is 10. The molecule has 20 heavy (non-hydrogen) atoms. The van der Waals surface area contributed by atoms with Crippen LogP contribution in [0.5, 0.6) is 0 Å². The highest BCUT2D eigenvalue weighted by atomic mass is 32.2. The first-order valence-corrected chi connectivity index (χ1v) is 7.83. The van der Waals surface area contributed by atoms with Gasteiger partial charge in [0.2, 0.25) is 0 Å². The number of thioether (sulfide) groups is 1. The van der Waals surface area contributed by atoms with E-state index in [1.165, 1.54) is 6.92 Å². The van der Waals surface area contributed by atoms with Crippen LogP contribution >= 0.6 is 11.8 Å². The number of carboxylic acids is 2. The molecule has 1 unspecified atom stereocenters. The summed E-state index contributed by atoms with van der Waals surface area (Å²) in [5.74, 6) is -2.33. The lowest BCUT2D eigenvalue weighted by Crippen LogP contribution is -2.45. The van der Waals surface area contributed by atoms with E-state index in [1.54, 1.807) is 0 Å². The fourth-order valence-electron chi connectivity index (χ4n) is 2.26. The molecule has 0 aromatic carbocycles. The molecule has 1 atom stereocenters. The molecule has 0 aliphatic rings. The molecule has 0 amide bonds. The summed E-state index contributed by atoms with van der Waals surface area (Å²) in [6, 6.07) is 0. The highest BCUT2D eigenvalue weighted by Gasteiger charge is 2.49. The van der Waals surface area contributed by atoms with Crippen molar-refractivity contribution in [2.45, 2.75) is 64.5 Å². The minimum absolute atomic E-state index is 0.288. The van der Waals surface area contributed by atoms with Crippen molar-refractivity contribution >= 4 is 28.8 Å². The van der Waals surface area contributed by atoms with E-state index in [1.807, 2.05) is 13.8 Å². The van der Waals surface area contributed by atoms with Crippen molar-refractivity contribution in [1.29, 1.82) is 0 Å². The summed E-state index contributed by atoms with van der Waals surface area (Å²) in [4.78, 5) is 34.5. The maximum absolute atomic E-state index is 11.8. The van der Waals surface area contributed by atoms with Gasteiger partial charge in [-0.3, -0.25) is 14.4 Å². The number of aliphatic carboxylic acids is 2. The van der Waals surface area contributed by atoms with Crippen LogP contribution in [0.1, 0.15) is 59.3 Å². The Kier molecular flexibility index (Phi) is 8.53. The summed E-state index contributed by atoms with van der Waals surface area (Å²) in [7, 11) is 0. The number of carbonyl (C=O) groups excluding carboxylic acids is 1. The number of carboxylic acid groups (broad SMARTS) is 2. The maximum Gasteiger partial charge on any atom is 0.318 e. The van der Waals surface area contributed by atoms with E-state index in [2.05, 4.69) is 0 Å². The van der Waals surface area contributed by atoms with Crippen LogP contribution in [0, 0.1) is 5.41 Å². The largest absolute Gasteiger partial charge is 0.481 e. The normalized spacial score (nSPS) is 12.9. The second-order valence-electron chi connectivity index (χ2n) is 5.00. The SMILES string of the molecule is CCCCC(CCCC)(C(=O)O)C(SC(C)=O)C(=O)O. The summed E-state index contributed by atoms with van der Waals surface area (Å²) in [5, 5.41) is 17.4. The molecule has 0 aliphatic carbocycles. The highest BCUT2D eigenvalue weighted by molar-refractivity contribution is 8.14. The van der Waals surface area contributed by atoms with E-state index < -0.39 is 22.6 Å². The Morgan fingerprint density at radius 1 is 1.05 bits per heavy atom. The Bertz CT molecular complexity index is 345. The van der Waals surface area contributed by atoms with Gasteiger partial charge in [0.25, 0.3) is 0 Å². The lowest BCUT2D eigenvalue weighted by atomic mass is 9.75. The van der Waals surface area contributed by atoms with Gasteiger partial charge >= 0.3 is 11.9 Å². The smallest absolute Gasteiger partial charge is 0.318 e. The third kappa shape index (κ3) is 5.15. The van der Waals surface area contributed by atoms with E-state index in [9.17, 15) is 24.6 Å². The maximum atomic E-state index is 11.8. The van der Waals surface area contributed by atoms with E-state index in [0.29, 0.717) is 24.6 Å². The average Bonchev–Trinajstić information content (AvgIpc) is 2.36. The summed E-state index contributed by atoms with van der Waals surface area (Å²) in [6.45, 7) is 5.13. The van der Waals surface area contributed by atoms with Crippen molar-refractivity contribution in [3.05, 3.63) is 0 Å². The molecule has 2 N–H and O–H groups in total. The Morgan fingerprint density at radius 3 is 1.75 bits per heavy atom. The molecule has 5 nitrogen and oxygen atoms in total. The van der Waals surface area contributed by atoms with Gasteiger partial charge in [0.15, 0.2) is 5.12 Å². The van der Waals surface area contributed by atoms with Gasteiger partial charge in [0, 0.05) is 6.92 Å². The Balaban J connectivity index is 5.52. The molecule has 6 heteroatoms. The third-order valence-corrected chi connectivity index (χ3v) is 4.61. The predicted octanol–water partition coefficient (Wildman–Crippen LogP) is 3.17. The second-order valence-corrected chi connectivity index (χ2v) is 6.28. The summed E-state index contributed by atoms with van der Waals surface area (Å²) >= 11 is 0.625. The molecule has 0 fully saturated rings. The molecule has 0 aromatic rings. The van der Waals surface area contributed by atoms with Gasteiger partial charge in [-0.2, -0.15) is 0 Å². The quantitative estimate of drug-likeness (QED) is 0.644. The number of hydrogen-bond acceptors (Lipinski definition) is 4. The van der Waals surface area contributed by atoms with Gasteiger partial charge in [-0.25, -0.2) is 0 Å². The number of hydrogen-bond donors (Lipinski definition) is 2. The van der Waals surface area contributed by atoms with E-state index >= 15 is 0 Å². The molecular formula is C14H24O5S. The molecular weight excluding hydrogens is 280 g/mol. The van der Waals surface area contributed by atoms with Crippen molar-refractivity contribution in [3.8, 4) is 0 Å². The molecule has 0 radical (unpaired) electrons. The van der Waals surface area contributed by atoms with Crippen molar-refractivity contribution in [3.63, 3.8) is 0 Å². The minimum Gasteiger partial charge on any atom is -0.481 e. The summed E-state index contributed by atoms with van der Waals surface area (Å²) in [6.07, 6.45) is 3.43. The Labute approximate surface area is 124 Å². The predicted molar refractivity (Wildman–Crippen MR) is 78.8 cm³/mol. The zero-order valence-electron chi connectivity index (χ0n) is 12.3. The van der Waals surface area contributed by atoms with E-state index in [-0.39, 0.29) is 18.0 Å². The summed E-state index contributed by atoms with van der Waals surface area (Å²) < 4.78 is 0. The van der Waals surface area contributed by atoms with Crippen LogP contribution in [-0.2, 0) is 14.4 Å². The van der Waals surface area contributed by atoms with Crippen LogP contribution in [0.15, 0.2) is 0 Å². The van der Waals surface area contributed by atoms with Gasteiger partial charge in [0.05, 0.1) is 5.41 Å². The molecule has 0 saturated carbocycles. The van der Waals surface area contributed by atoms with Crippen LogP contribution in [0.4, 0.5) is 0 Å². The minimum atomic E-state index is -1.37. The third-order valence-electron chi connectivity index (χ3n) is 3.39. The van der Waals surface area contributed by atoms with Crippen molar-refractivity contribution in [2.24, 2.45) is 5.41 Å². The molecule has 116 valence electrons. The monoisotopic (exact) mass is 304 g/mol. The lowest BCUT2D eigenvalue weighted by Gasteiger charge is -2.34. The van der Waals surface area contributed by atoms with E-state index in [4.69, 9.17) is 0 Å². The second kappa shape index (κ2) is 9.00. The first-order chi connectivity index (χ1) is 9.31. The number of unbranched alkanes of at least 4 members (excludes halogenated alkanes) is 2. The van der Waals surface area contributed by atoms with Crippen molar-refractivity contribution < 1.29 is 24.6 Å². The van der Waals surface area contributed by atoms with Crippen LogP contribution in [-0.4, -0.2) is 32.5 Å². The van der Waals surface area contributed by atoms with Gasteiger partial charge in [0.1, 0.15) is 5.25 Å². The molecule has 0 heterocycles. The van der Waals surface area contributed by atoms with Gasteiger partial charge in [-0.05, 0) is 12.8 Å². The average molecular weight is 304 g/mol. The Hall–Kier alpha value is -1.04. The fraction of sp³-hybridized carbons (Fsp3) is 0.786. The van der Waals surface area contributed by atoms with E-state index in [0.717, 1.165) is 12.8 Å². The van der Waals surface area contributed by atoms with Gasteiger partial charge in [-0.15, -0.1) is 0 Å². The standard InChI is InChI=1S/C14H24O5S/c1-4-6-8-14(13(18)19,9-7-5-2)11(12(16)17)20-10(3)15/h11H,4-9H2,1-3H3,(H,16,17)(H,18,19). The van der Waals surface area contributed by atoms with Crippen LogP contribution < -0.4 is 0 Å². The molecule has 0 aromatic heterocycles. The molecule has 0 aliphatic heterocycles. The topological polar surface area (TPSA) is 91.7 Å². The van der Waals surface area contributed by atoms with Crippen LogP contribution in [0.3, 0.4) is 0 Å². The zero-order valence-corrected chi connectivity index (χ0v) is 13.2. The molecule has 0 bridgehead atoms. The van der Waals surface area contributed by atoms with Crippen molar-refractivity contribution in [1.82, 2.24) is 0 Å². The van der Waals surface area contributed by atoms with Crippen LogP contribution in [0.25, 0.3) is 0 Å². The van der Waals surface area contributed by atoms with Crippen molar-refractivity contribution in [2.75, 3.05) is 0 Å². The summed E-state index contributed by atoms with van der Waals surface area (Å²) in [5.41, 5.74) is -1.37. The lowest BCUT2D eigenvalue weighted by molar-refractivity contribution is -0.156. The molecule has 0 saturated heterocycles. The van der Waals surface area contributed by atoms with Crippen LogP contribution in [0.2, 0.25) is 0 Å². The van der Waals surface area contributed by atoms with Gasteiger partial charge in [-0.1, -0.05) is 51.3 Å².